The maximum absolute atomic E-state index is 13.3. The second-order valence-electron chi connectivity index (χ2n) is 5.90. The van der Waals surface area contributed by atoms with Crippen molar-refractivity contribution in [2.75, 3.05) is 10.8 Å². The van der Waals surface area contributed by atoms with Crippen molar-refractivity contribution in [3.05, 3.63) is 90.5 Å². The number of aromatic nitrogens is 1. The molecule has 28 heavy (non-hydrogen) atoms. The molecule has 144 valence electrons. The van der Waals surface area contributed by atoms with Gasteiger partial charge >= 0.3 is 0 Å². The topological polar surface area (TPSA) is 79.4 Å². The fraction of sp³-hybridized carbons (Fsp3) is 0.100. The Morgan fingerprint density at radius 1 is 0.964 bits per heavy atom. The average molecular weight is 399 g/mol. The molecule has 0 spiro atoms. The maximum Gasteiger partial charge on any atom is 0.264 e. The second kappa shape index (κ2) is 8.62. The van der Waals surface area contributed by atoms with Gasteiger partial charge in [-0.2, -0.15) is 0 Å². The van der Waals surface area contributed by atoms with E-state index in [1.54, 1.807) is 42.6 Å². The lowest BCUT2D eigenvalue weighted by atomic mass is 10.3. The standard InChI is InChI=1S/C20H18FN3O3S/c21-16-9-11-18(12-10-16)24(28(26,27)19-7-2-1-3-8-19)15-20(25)23-14-17-6-4-5-13-22-17/h1-13H,14-15H2,(H,23,25). The number of nitrogens with one attached hydrogen (secondary N) is 1. The molecule has 0 radical (unpaired) electrons. The molecule has 0 bridgehead atoms. The van der Waals surface area contributed by atoms with Crippen molar-refractivity contribution in [2.45, 2.75) is 11.4 Å². The van der Waals surface area contributed by atoms with Crippen molar-refractivity contribution in [1.82, 2.24) is 10.3 Å². The summed E-state index contributed by atoms with van der Waals surface area (Å²) in [5.74, 6) is -1.00. The molecule has 0 unspecified atom stereocenters. The van der Waals surface area contributed by atoms with E-state index in [1.807, 2.05) is 0 Å². The van der Waals surface area contributed by atoms with Crippen molar-refractivity contribution in [3.63, 3.8) is 0 Å². The largest absolute Gasteiger partial charge is 0.349 e. The first-order valence-electron chi connectivity index (χ1n) is 8.47. The third kappa shape index (κ3) is 4.72. The van der Waals surface area contributed by atoms with Gasteiger partial charge in [-0.15, -0.1) is 0 Å². The van der Waals surface area contributed by atoms with Gasteiger partial charge in [0.05, 0.1) is 22.8 Å². The predicted octanol–water partition coefficient (Wildman–Crippen LogP) is 2.73. The molecular weight excluding hydrogens is 381 g/mol. The van der Waals surface area contributed by atoms with Crippen molar-refractivity contribution < 1.29 is 17.6 Å². The Hall–Kier alpha value is -3.26. The van der Waals surface area contributed by atoms with E-state index in [-0.39, 0.29) is 17.1 Å². The van der Waals surface area contributed by atoms with Crippen LogP contribution in [0.5, 0.6) is 0 Å². The minimum atomic E-state index is -4.01. The number of pyridine rings is 1. The van der Waals surface area contributed by atoms with Crippen LogP contribution in [-0.4, -0.2) is 25.9 Å². The van der Waals surface area contributed by atoms with Crippen LogP contribution < -0.4 is 9.62 Å². The number of benzene rings is 2. The molecular formula is C20H18FN3O3S. The lowest BCUT2D eigenvalue weighted by Gasteiger charge is -2.24. The van der Waals surface area contributed by atoms with Gasteiger partial charge < -0.3 is 5.32 Å². The van der Waals surface area contributed by atoms with Crippen LogP contribution in [0.2, 0.25) is 0 Å². The highest BCUT2D eigenvalue weighted by Crippen LogP contribution is 2.23. The van der Waals surface area contributed by atoms with Crippen molar-refractivity contribution in [1.29, 1.82) is 0 Å². The van der Waals surface area contributed by atoms with Gasteiger partial charge in [-0.25, -0.2) is 12.8 Å². The van der Waals surface area contributed by atoms with E-state index in [2.05, 4.69) is 10.3 Å². The van der Waals surface area contributed by atoms with E-state index in [0.29, 0.717) is 5.69 Å². The molecule has 0 aliphatic heterocycles. The lowest BCUT2D eigenvalue weighted by molar-refractivity contribution is -0.119. The van der Waals surface area contributed by atoms with Crippen LogP contribution in [0.3, 0.4) is 0 Å². The van der Waals surface area contributed by atoms with Gasteiger partial charge in [-0.1, -0.05) is 24.3 Å². The van der Waals surface area contributed by atoms with Gasteiger partial charge in [0.25, 0.3) is 10.0 Å². The minimum Gasteiger partial charge on any atom is -0.349 e. The molecule has 3 aromatic rings. The summed E-state index contributed by atoms with van der Waals surface area (Å²) in [7, 11) is -4.01. The third-order valence-electron chi connectivity index (χ3n) is 3.93. The normalized spacial score (nSPS) is 11.0. The predicted molar refractivity (Wildman–Crippen MR) is 103 cm³/mol. The molecule has 0 aliphatic rings. The van der Waals surface area contributed by atoms with E-state index in [1.165, 1.54) is 24.3 Å². The monoisotopic (exact) mass is 399 g/mol. The molecule has 0 fully saturated rings. The Bertz CT molecular complexity index is 1030. The molecule has 3 rings (SSSR count). The first-order valence-corrected chi connectivity index (χ1v) is 9.91. The number of carbonyl (C=O) groups is 1. The zero-order chi connectivity index (χ0) is 20.0. The summed E-state index contributed by atoms with van der Waals surface area (Å²) in [5.41, 5.74) is 0.841. The quantitative estimate of drug-likeness (QED) is 0.663. The number of halogens is 1. The molecule has 1 N–H and O–H groups in total. The number of hydrogen-bond donors (Lipinski definition) is 1. The number of carbonyl (C=O) groups excluding carboxylic acids is 1. The molecule has 1 amide bonds. The molecule has 6 nitrogen and oxygen atoms in total. The summed E-state index contributed by atoms with van der Waals surface area (Å²) >= 11 is 0. The Kier molecular flexibility index (Phi) is 6.00. The molecule has 0 saturated heterocycles. The smallest absolute Gasteiger partial charge is 0.264 e. The summed E-state index contributed by atoms with van der Waals surface area (Å²) in [5, 5.41) is 2.65. The Morgan fingerprint density at radius 3 is 2.29 bits per heavy atom. The van der Waals surface area contributed by atoms with Crippen LogP contribution in [0.4, 0.5) is 10.1 Å². The second-order valence-corrected chi connectivity index (χ2v) is 7.76. The third-order valence-corrected chi connectivity index (χ3v) is 5.71. The highest BCUT2D eigenvalue weighted by atomic mass is 32.2. The number of sulfonamides is 1. The SMILES string of the molecule is O=C(CN(c1ccc(F)cc1)S(=O)(=O)c1ccccc1)NCc1ccccn1. The van der Waals surface area contributed by atoms with Crippen molar-refractivity contribution in [3.8, 4) is 0 Å². The summed E-state index contributed by atoms with van der Waals surface area (Å²) in [6.07, 6.45) is 1.60. The zero-order valence-corrected chi connectivity index (χ0v) is 15.6. The van der Waals surface area contributed by atoms with Crippen LogP contribution in [0.25, 0.3) is 0 Å². The van der Waals surface area contributed by atoms with Gasteiger partial charge in [0.1, 0.15) is 12.4 Å². The fourth-order valence-electron chi connectivity index (χ4n) is 2.52. The van der Waals surface area contributed by atoms with Gasteiger partial charge in [0.15, 0.2) is 0 Å². The summed E-state index contributed by atoms with van der Waals surface area (Å²) in [6, 6.07) is 18.0. The highest BCUT2D eigenvalue weighted by molar-refractivity contribution is 7.92. The van der Waals surface area contributed by atoms with Gasteiger partial charge in [0, 0.05) is 6.20 Å². The van der Waals surface area contributed by atoms with Crippen LogP contribution in [0.15, 0.2) is 83.9 Å². The van der Waals surface area contributed by atoms with Crippen LogP contribution in [0, 0.1) is 5.82 Å². The Labute approximate surface area is 162 Å². The van der Waals surface area contributed by atoms with E-state index in [9.17, 15) is 17.6 Å². The first kappa shape index (κ1) is 19.5. The average Bonchev–Trinajstić information content (AvgIpc) is 2.72. The highest BCUT2D eigenvalue weighted by Gasteiger charge is 2.27. The van der Waals surface area contributed by atoms with Crippen LogP contribution >= 0.6 is 0 Å². The summed E-state index contributed by atoms with van der Waals surface area (Å²) < 4.78 is 40.4. The maximum atomic E-state index is 13.3. The Morgan fingerprint density at radius 2 is 1.64 bits per heavy atom. The van der Waals surface area contributed by atoms with Gasteiger partial charge in [-0.05, 0) is 48.5 Å². The van der Waals surface area contributed by atoms with E-state index < -0.39 is 28.3 Å². The fourth-order valence-corrected chi connectivity index (χ4v) is 3.96. The number of amides is 1. The van der Waals surface area contributed by atoms with Crippen LogP contribution in [-0.2, 0) is 21.4 Å². The summed E-state index contributed by atoms with van der Waals surface area (Å²) in [4.78, 5) is 16.6. The zero-order valence-electron chi connectivity index (χ0n) is 14.8. The number of nitrogens with zero attached hydrogens (tertiary/aromatic N) is 2. The van der Waals surface area contributed by atoms with E-state index >= 15 is 0 Å². The number of hydrogen-bond acceptors (Lipinski definition) is 4. The molecule has 8 heteroatoms. The van der Waals surface area contributed by atoms with Crippen molar-refractivity contribution >= 4 is 21.6 Å². The first-order chi connectivity index (χ1) is 13.5. The van der Waals surface area contributed by atoms with Crippen molar-refractivity contribution in [2.24, 2.45) is 0 Å². The van der Waals surface area contributed by atoms with Gasteiger partial charge in [0.2, 0.25) is 5.91 Å². The lowest BCUT2D eigenvalue weighted by Crippen LogP contribution is -2.40. The number of anilines is 1. The van der Waals surface area contributed by atoms with Gasteiger partial charge in [-0.3, -0.25) is 14.1 Å². The Balaban J connectivity index is 1.84. The molecule has 2 aromatic carbocycles. The molecule has 0 saturated carbocycles. The molecule has 0 atom stereocenters. The summed E-state index contributed by atoms with van der Waals surface area (Å²) in [6.45, 7) is -0.280. The number of rotatable bonds is 7. The molecule has 1 heterocycles. The molecule has 1 aromatic heterocycles. The molecule has 0 aliphatic carbocycles. The van der Waals surface area contributed by atoms with Crippen LogP contribution in [0.1, 0.15) is 5.69 Å². The van der Waals surface area contributed by atoms with E-state index in [4.69, 9.17) is 0 Å². The van der Waals surface area contributed by atoms with E-state index in [0.717, 1.165) is 16.4 Å². The minimum absolute atomic E-state index is 0.0388.